The quantitative estimate of drug-likeness (QED) is 0.723. The number of nitrogens with zero attached hydrogens (tertiary/aromatic N) is 2. The number of aromatic nitrogens is 2. The summed E-state index contributed by atoms with van der Waals surface area (Å²) >= 11 is 0. The van der Waals surface area contributed by atoms with Crippen LogP contribution in [0.2, 0.25) is 0 Å². The van der Waals surface area contributed by atoms with E-state index in [-0.39, 0.29) is 11.6 Å². The summed E-state index contributed by atoms with van der Waals surface area (Å²) in [5.74, 6) is -0.106. The average molecular weight is 253 g/mol. The Morgan fingerprint density at radius 2 is 1.68 bits per heavy atom. The first-order chi connectivity index (χ1) is 9.15. The molecule has 0 bridgehead atoms. The molecule has 0 saturated carbocycles. The van der Waals surface area contributed by atoms with Gasteiger partial charge in [0.2, 0.25) is 0 Å². The number of hydrogen-bond donors (Lipinski definition) is 1. The van der Waals surface area contributed by atoms with Crippen molar-refractivity contribution in [3.05, 3.63) is 53.8 Å². The minimum absolute atomic E-state index is 0.239. The molecule has 1 heterocycles. The van der Waals surface area contributed by atoms with E-state index in [4.69, 9.17) is 5.73 Å². The molecule has 2 aromatic carbocycles. The third-order valence-corrected chi connectivity index (χ3v) is 2.97. The molecule has 0 radical (unpaired) electrons. The zero-order valence-corrected chi connectivity index (χ0v) is 10.4. The van der Waals surface area contributed by atoms with Crippen LogP contribution < -0.4 is 5.73 Å². The second kappa shape index (κ2) is 4.31. The monoisotopic (exact) mass is 253 g/mol. The van der Waals surface area contributed by atoms with Crippen LogP contribution >= 0.6 is 0 Å². The van der Waals surface area contributed by atoms with Gasteiger partial charge in [-0.2, -0.15) is 0 Å². The van der Waals surface area contributed by atoms with Gasteiger partial charge < -0.3 is 5.73 Å². The second-order valence-electron chi connectivity index (χ2n) is 4.43. The summed E-state index contributed by atoms with van der Waals surface area (Å²) in [6.07, 6.45) is 0. The van der Waals surface area contributed by atoms with E-state index in [0.717, 1.165) is 5.56 Å². The Morgan fingerprint density at radius 3 is 2.42 bits per heavy atom. The van der Waals surface area contributed by atoms with E-state index in [1.54, 1.807) is 12.1 Å². The number of anilines is 1. The van der Waals surface area contributed by atoms with Crippen molar-refractivity contribution >= 4 is 16.9 Å². The Bertz CT molecular complexity index is 768. The molecule has 0 amide bonds. The zero-order valence-electron chi connectivity index (χ0n) is 10.4. The molecule has 4 heteroatoms. The first kappa shape index (κ1) is 11.6. The zero-order chi connectivity index (χ0) is 13.4. The van der Waals surface area contributed by atoms with E-state index >= 15 is 0 Å². The van der Waals surface area contributed by atoms with Crippen molar-refractivity contribution in [2.24, 2.45) is 0 Å². The third-order valence-electron chi connectivity index (χ3n) is 2.97. The lowest BCUT2D eigenvalue weighted by molar-refractivity contribution is 0.630. The highest BCUT2D eigenvalue weighted by Gasteiger charge is 2.12. The first-order valence-electron chi connectivity index (χ1n) is 5.94. The Balaban J connectivity index is 2.30. The minimum atomic E-state index is -0.345. The summed E-state index contributed by atoms with van der Waals surface area (Å²) in [4.78, 5) is 8.69. The van der Waals surface area contributed by atoms with Gasteiger partial charge in [0.1, 0.15) is 11.5 Å². The number of hydrogen-bond acceptors (Lipinski definition) is 3. The predicted octanol–water partition coefficient (Wildman–Crippen LogP) is 3.33. The van der Waals surface area contributed by atoms with Crippen LogP contribution in [-0.4, -0.2) is 9.97 Å². The molecule has 3 aromatic rings. The summed E-state index contributed by atoms with van der Waals surface area (Å²) in [5.41, 5.74) is 9.03. The summed E-state index contributed by atoms with van der Waals surface area (Å²) < 4.78 is 13.9. The molecule has 0 aliphatic carbocycles. The Labute approximate surface area is 109 Å². The molecule has 3 rings (SSSR count). The normalized spacial score (nSPS) is 10.8. The van der Waals surface area contributed by atoms with Crippen LogP contribution in [0.15, 0.2) is 42.5 Å². The molecule has 19 heavy (non-hydrogen) atoms. The van der Waals surface area contributed by atoms with Gasteiger partial charge in [-0.3, -0.25) is 0 Å². The number of aryl methyl sites for hydroxylation is 1. The maximum absolute atomic E-state index is 13.9. The second-order valence-corrected chi connectivity index (χ2v) is 4.43. The largest absolute Gasteiger partial charge is 0.382 e. The van der Waals surface area contributed by atoms with Crippen molar-refractivity contribution in [3.63, 3.8) is 0 Å². The van der Waals surface area contributed by atoms with E-state index in [1.807, 2.05) is 31.2 Å². The van der Waals surface area contributed by atoms with Crippen LogP contribution in [0.3, 0.4) is 0 Å². The lowest BCUT2D eigenvalue weighted by atomic mass is 10.1. The molecule has 0 fully saturated rings. The molecular weight excluding hydrogens is 241 g/mol. The van der Waals surface area contributed by atoms with Gasteiger partial charge in [-0.15, -0.1) is 0 Å². The fraction of sp³-hybridized carbons (Fsp3) is 0.0667. The highest BCUT2D eigenvalue weighted by Crippen LogP contribution is 2.27. The fourth-order valence-electron chi connectivity index (χ4n) is 2.03. The number of nitrogens with two attached hydrogens (primary N) is 1. The van der Waals surface area contributed by atoms with Gasteiger partial charge in [-0.1, -0.05) is 23.8 Å². The van der Waals surface area contributed by atoms with Gasteiger partial charge in [0.15, 0.2) is 5.82 Å². The van der Waals surface area contributed by atoms with Crippen LogP contribution in [0.4, 0.5) is 10.2 Å². The number of nitrogen functional groups attached to an aromatic ring is 1. The Kier molecular flexibility index (Phi) is 2.63. The average Bonchev–Trinajstić information content (AvgIpc) is 2.41. The molecule has 2 N–H and O–H groups in total. The Hall–Kier alpha value is -2.49. The molecule has 0 aliphatic heterocycles. The van der Waals surface area contributed by atoms with Gasteiger partial charge in [0, 0.05) is 5.56 Å². The fourth-order valence-corrected chi connectivity index (χ4v) is 2.03. The molecule has 3 nitrogen and oxygen atoms in total. The van der Waals surface area contributed by atoms with E-state index in [2.05, 4.69) is 9.97 Å². The summed E-state index contributed by atoms with van der Waals surface area (Å²) in [6, 6.07) is 12.2. The SMILES string of the molecule is Cc1ccc(F)c(-c2nc3ccccc3nc2N)c1. The van der Waals surface area contributed by atoms with Gasteiger partial charge in [0.25, 0.3) is 0 Å². The van der Waals surface area contributed by atoms with E-state index in [9.17, 15) is 4.39 Å². The van der Waals surface area contributed by atoms with Crippen LogP contribution in [0.1, 0.15) is 5.56 Å². The smallest absolute Gasteiger partial charge is 0.150 e. The maximum atomic E-state index is 13.9. The third kappa shape index (κ3) is 2.01. The van der Waals surface area contributed by atoms with E-state index < -0.39 is 0 Å². The molecule has 1 aromatic heterocycles. The number of para-hydroxylation sites is 2. The van der Waals surface area contributed by atoms with Crippen LogP contribution in [0, 0.1) is 12.7 Å². The lowest BCUT2D eigenvalue weighted by Crippen LogP contribution is -2.00. The summed E-state index contributed by atoms with van der Waals surface area (Å²) in [7, 11) is 0. The van der Waals surface area contributed by atoms with Gasteiger partial charge in [0.05, 0.1) is 11.0 Å². The van der Waals surface area contributed by atoms with Crippen molar-refractivity contribution < 1.29 is 4.39 Å². The number of benzene rings is 2. The highest BCUT2D eigenvalue weighted by molar-refractivity contribution is 5.82. The first-order valence-corrected chi connectivity index (χ1v) is 5.94. The van der Waals surface area contributed by atoms with Crippen LogP contribution in [-0.2, 0) is 0 Å². The number of rotatable bonds is 1. The minimum Gasteiger partial charge on any atom is -0.382 e. The molecule has 0 saturated heterocycles. The van der Waals surface area contributed by atoms with Crippen LogP contribution in [0.5, 0.6) is 0 Å². The molecular formula is C15H12FN3. The summed E-state index contributed by atoms with van der Waals surface area (Å²) in [5, 5.41) is 0. The molecule has 0 atom stereocenters. The van der Waals surface area contributed by atoms with Crippen molar-refractivity contribution in [1.29, 1.82) is 0 Å². The van der Waals surface area contributed by atoms with Gasteiger partial charge in [-0.05, 0) is 31.2 Å². The van der Waals surface area contributed by atoms with Gasteiger partial charge >= 0.3 is 0 Å². The van der Waals surface area contributed by atoms with Crippen molar-refractivity contribution in [2.45, 2.75) is 6.92 Å². The standard InChI is InChI=1S/C15H12FN3/c1-9-6-7-11(16)10(8-9)14-15(17)19-13-5-3-2-4-12(13)18-14/h2-8H,1H3,(H2,17,19). The van der Waals surface area contributed by atoms with Crippen LogP contribution in [0.25, 0.3) is 22.3 Å². The van der Waals surface area contributed by atoms with E-state index in [1.165, 1.54) is 6.07 Å². The molecule has 0 aliphatic rings. The predicted molar refractivity (Wildman–Crippen MR) is 74.1 cm³/mol. The number of fused-ring (bicyclic) bond motifs is 1. The topological polar surface area (TPSA) is 51.8 Å². The summed E-state index contributed by atoms with van der Waals surface area (Å²) in [6.45, 7) is 1.90. The molecule has 0 spiro atoms. The molecule has 0 unspecified atom stereocenters. The molecule has 94 valence electrons. The maximum Gasteiger partial charge on any atom is 0.150 e. The van der Waals surface area contributed by atoms with Gasteiger partial charge in [-0.25, -0.2) is 14.4 Å². The van der Waals surface area contributed by atoms with Crippen molar-refractivity contribution in [3.8, 4) is 11.3 Å². The number of halogens is 1. The van der Waals surface area contributed by atoms with Crippen molar-refractivity contribution in [2.75, 3.05) is 5.73 Å². The highest BCUT2D eigenvalue weighted by atomic mass is 19.1. The Morgan fingerprint density at radius 1 is 1.00 bits per heavy atom. The van der Waals surface area contributed by atoms with E-state index in [0.29, 0.717) is 22.3 Å². The van der Waals surface area contributed by atoms with Crippen molar-refractivity contribution in [1.82, 2.24) is 9.97 Å². The lowest BCUT2D eigenvalue weighted by Gasteiger charge is -2.08.